The molecule has 0 bridgehead atoms. The predicted molar refractivity (Wildman–Crippen MR) is 107 cm³/mol. The van der Waals surface area contributed by atoms with Gasteiger partial charge in [-0.2, -0.15) is 22.0 Å². The predicted octanol–water partition coefficient (Wildman–Crippen LogP) is 7.02. The van der Waals surface area contributed by atoms with Crippen molar-refractivity contribution in [1.29, 1.82) is 0 Å². The third kappa shape index (κ3) is 5.50. The van der Waals surface area contributed by atoms with Crippen LogP contribution in [0.5, 0.6) is 0 Å². The highest BCUT2D eigenvalue weighted by atomic mass is 32.2. The lowest BCUT2D eigenvalue weighted by molar-refractivity contribution is -0.137. The van der Waals surface area contributed by atoms with Crippen LogP contribution in [-0.4, -0.2) is 11.7 Å². The van der Waals surface area contributed by atoms with Gasteiger partial charge in [0.2, 0.25) is 0 Å². The van der Waals surface area contributed by atoms with Crippen molar-refractivity contribution in [2.45, 2.75) is 16.8 Å². The van der Waals surface area contributed by atoms with Crippen LogP contribution in [0.3, 0.4) is 0 Å². The number of rotatable bonds is 6. The molecule has 0 saturated heterocycles. The first-order valence-electron chi connectivity index (χ1n) is 8.62. The molecule has 3 aromatic rings. The molecule has 30 heavy (non-hydrogen) atoms. The molecule has 3 nitrogen and oxygen atoms in total. The highest BCUT2D eigenvalue weighted by Crippen LogP contribution is 2.33. The molecule has 1 amide bonds. The molecule has 3 rings (SSSR count). The summed E-state index contributed by atoms with van der Waals surface area (Å²) in [5.41, 5.74) is -0.0483. The molecular formula is C21H15F5N2OS. The number of hydrogen-bond acceptors (Lipinski definition) is 3. The summed E-state index contributed by atoms with van der Waals surface area (Å²) in [7, 11) is 0. The van der Waals surface area contributed by atoms with Crippen LogP contribution >= 0.6 is 11.8 Å². The largest absolute Gasteiger partial charge is 0.416 e. The van der Waals surface area contributed by atoms with Crippen LogP contribution in [0.25, 0.3) is 0 Å². The van der Waals surface area contributed by atoms with E-state index in [0.29, 0.717) is 11.8 Å². The molecule has 9 heteroatoms. The van der Waals surface area contributed by atoms with E-state index in [1.54, 1.807) is 24.3 Å². The van der Waals surface area contributed by atoms with Crippen molar-refractivity contribution in [2.24, 2.45) is 0 Å². The van der Waals surface area contributed by atoms with E-state index in [-0.39, 0.29) is 27.5 Å². The normalized spacial score (nSPS) is 11.4. The van der Waals surface area contributed by atoms with Gasteiger partial charge in [-0.3, -0.25) is 4.79 Å². The van der Waals surface area contributed by atoms with E-state index in [1.165, 1.54) is 36.4 Å². The summed E-state index contributed by atoms with van der Waals surface area (Å²) < 4.78 is 64.3. The van der Waals surface area contributed by atoms with E-state index in [9.17, 15) is 26.7 Å². The molecule has 0 unspecified atom stereocenters. The molecule has 0 aliphatic rings. The van der Waals surface area contributed by atoms with Gasteiger partial charge in [0.1, 0.15) is 0 Å². The summed E-state index contributed by atoms with van der Waals surface area (Å²) in [6.45, 7) is 0. The van der Waals surface area contributed by atoms with E-state index < -0.39 is 23.4 Å². The molecular weight excluding hydrogens is 423 g/mol. The Hall–Kier alpha value is -3.07. The van der Waals surface area contributed by atoms with Gasteiger partial charge in [0.25, 0.3) is 11.7 Å². The molecule has 2 N–H and O–H groups in total. The SMILES string of the molecule is O=C(Nc1ccccc1SC(F)F)c1ccccc1Nc1cccc(C(F)(F)F)c1. The molecule has 0 aliphatic carbocycles. The minimum absolute atomic E-state index is 0.145. The van der Waals surface area contributed by atoms with Gasteiger partial charge in [0, 0.05) is 10.6 Å². The summed E-state index contributed by atoms with van der Waals surface area (Å²) in [6, 6.07) is 16.9. The second-order valence-electron chi connectivity index (χ2n) is 6.08. The topological polar surface area (TPSA) is 41.1 Å². The fourth-order valence-corrected chi connectivity index (χ4v) is 3.27. The average Bonchev–Trinajstić information content (AvgIpc) is 2.69. The second kappa shape index (κ2) is 9.17. The molecule has 0 fully saturated rings. The zero-order valence-corrected chi connectivity index (χ0v) is 16.0. The van der Waals surface area contributed by atoms with Gasteiger partial charge in [-0.15, -0.1) is 0 Å². The van der Waals surface area contributed by atoms with E-state index in [4.69, 9.17) is 0 Å². The molecule has 156 valence electrons. The van der Waals surface area contributed by atoms with Gasteiger partial charge in [-0.05, 0) is 42.5 Å². The summed E-state index contributed by atoms with van der Waals surface area (Å²) in [5.74, 6) is -3.25. The Kier molecular flexibility index (Phi) is 6.61. The van der Waals surface area contributed by atoms with Crippen LogP contribution in [0.2, 0.25) is 0 Å². The summed E-state index contributed by atoms with van der Waals surface area (Å²) >= 11 is 0.303. The summed E-state index contributed by atoms with van der Waals surface area (Å²) in [5, 5.41) is 5.39. The van der Waals surface area contributed by atoms with E-state index >= 15 is 0 Å². The van der Waals surface area contributed by atoms with Crippen LogP contribution in [0.4, 0.5) is 39.0 Å². The monoisotopic (exact) mass is 438 g/mol. The number of nitrogens with one attached hydrogen (secondary N) is 2. The quantitative estimate of drug-likeness (QED) is 0.321. The zero-order chi connectivity index (χ0) is 21.7. The van der Waals surface area contributed by atoms with E-state index in [2.05, 4.69) is 10.6 Å². The Morgan fingerprint density at radius 3 is 2.23 bits per heavy atom. The first kappa shape index (κ1) is 21.6. The number of amides is 1. The van der Waals surface area contributed by atoms with E-state index in [1.807, 2.05) is 0 Å². The van der Waals surface area contributed by atoms with Crippen LogP contribution in [0, 0.1) is 0 Å². The Morgan fingerprint density at radius 1 is 0.867 bits per heavy atom. The van der Waals surface area contributed by atoms with Crippen molar-refractivity contribution in [1.82, 2.24) is 0 Å². The molecule has 0 spiro atoms. The molecule has 0 saturated carbocycles. The van der Waals surface area contributed by atoms with Gasteiger partial charge in [0.05, 0.1) is 22.5 Å². The Bertz CT molecular complexity index is 1040. The third-order valence-corrected chi connectivity index (χ3v) is 4.78. The second-order valence-corrected chi connectivity index (χ2v) is 7.11. The fraction of sp³-hybridized carbons (Fsp3) is 0.0952. The standard InChI is InChI=1S/C21H15F5N2OS/c22-20(23)30-18-11-4-3-10-17(18)28-19(29)15-8-1-2-9-16(15)27-14-7-5-6-13(12-14)21(24,25)26/h1-12,20,27H,(H,28,29). The number of anilines is 3. The lowest BCUT2D eigenvalue weighted by Gasteiger charge is -2.15. The molecule has 3 aromatic carbocycles. The molecule has 0 atom stereocenters. The number of halogens is 5. The average molecular weight is 438 g/mol. The van der Waals surface area contributed by atoms with Gasteiger partial charge >= 0.3 is 6.18 Å². The van der Waals surface area contributed by atoms with Crippen LogP contribution in [0.15, 0.2) is 77.7 Å². The first-order valence-corrected chi connectivity index (χ1v) is 9.50. The van der Waals surface area contributed by atoms with Crippen LogP contribution in [0.1, 0.15) is 15.9 Å². The number of alkyl halides is 5. The third-order valence-electron chi connectivity index (χ3n) is 3.99. The van der Waals surface area contributed by atoms with Crippen molar-refractivity contribution < 1.29 is 26.7 Å². The molecule has 0 heterocycles. The molecule has 0 radical (unpaired) electrons. The minimum Gasteiger partial charge on any atom is -0.355 e. The maximum Gasteiger partial charge on any atom is 0.416 e. The van der Waals surface area contributed by atoms with Gasteiger partial charge < -0.3 is 10.6 Å². The Morgan fingerprint density at radius 2 is 1.53 bits per heavy atom. The highest BCUT2D eigenvalue weighted by Gasteiger charge is 2.30. The van der Waals surface area contributed by atoms with Crippen molar-refractivity contribution in [3.8, 4) is 0 Å². The van der Waals surface area contributed by atoms with E-state index in [0.717, 1.165) is 12.1 Å². The minimum atomic E-state index is -4.50. The molecule has 0 aromatic heterocycles. The van der Waals surface area contributed by atoms with Crippen molar-refractivity contribution >= 4 is 34.7 Å². The summed E-state index contributed by atoms with van der Waals surface area (Å²) in [4.78, 5) is 13.0. The zero-order valence-electron chi connectivity index (χ0n) is 15.2. The number of hydrogen-bond donors (Lipinski definition) is 2. The maximum atomic E-state index is 12.9. The number of carbonyl (C=O) groups is 1. The van der Waals surface area contributed by atoms with Crippen LogP contribution < -0.4 is 10.6 Å². The van der Waals surface area contributed by atoms with Crippen LogP contribution in [-0.2, 0) is 6.18 Å². The number of para-hydroxylation sites is 2. The lowest BCUT2D eigenvalue weighted by Crippen LogP contribution is -2.14. The Balaban J connectivity index is 1.85. The fourth-order valence-electron chi connectivity index (χ4n) is 2.68. The van der Waals surface area contributed by atoms with Crippen molar-refractivity contribution in [3.63, 3.8) is 0 Å². The maximum absolute atomic E-state index is 12.9. The number of carbonyl (C=O) groups excluding carboxylic acids is 1. The van der Waals surface area contributed by atoms with Gasteiger partial charge in [-0.25, -0.2) is 0 Å². The smallest absolute Gasteiger partial charge is 0.355 e. The number of thioether (sulfide) groups is 1. The number of benzene rings is 3. The lowest BCUT2D eigenvalue weighted by atomic mass is 10.1. The highest BCUT2D eigenvalue weighted by molar-refractivity contribution is 7.99. The van der Waals surface area contributed by atoms with Gasteiger partial charge in [0.15, 0.2) is 0 Å². The Labute approximate surface area is 173 Å². The molecule has 0 aliphatic heterocycles. The van der Waals surface area contributed by atoms with Crippen molar-refractivity contribution in [2.75, 3.05) is 10.6 Å². The summed E-state index contributed by atoms with van der Waals surface area (Å²) in [6.07, 6.45) is -4.50. The van der Waals surface area contributed by atoms with Crippen molar-refractivity contribution in [3.05, 3.63) is 83.9 Å². The van der Waals surface area contributed by atoms with Gasteiger partial charge in [-0.1, -0.05) is 42.1 Å². The first-order chi connectivity index (χ1) is 14.2.